The molecule has 0 spiro atoms. The predicted molar refractivity (Wildman–Crippen MR) is 76.6 cm³/mol. The first-order chi connectivity index (χ1) is 10.2. The summed E-state index contributed by atoms with van der Waals surface area (Å²) in [4.78, 5) is 35.4. The van der Waals surface area contributed by atoms with E-state index in [9.17, 15) is 14.4 Å². The maximum Gasteiger partial charge on any atom is 0.349 e. The van der Waals surface area contributed by atoms with Gasteiger partial charge in [-0.2, -0.15) is 0 Å². The molecule has 1 aliphatic rings. The van der Waals surface area contributed by atoms with E-state index < -0.39 is 23.7 Å². The molecule has 1 aliphatic heterocycles. The standard InChI is InChI=1S/C16H16O6/c1-9(10-5-7-11(8-6-10)13(17)20-4)12-14(18)21-16(2,3)22-15(12)19/h5-8H,1-4H3. The average molecular weight is 304 g/mol. The molecule has 6 nitrogen and oxygen atoms in total. The van der Waals surface area contributed by atoms with E-state index in [2.05, 4.69) is 4.74 Å². The van der Waals surface area contributed by atoms with E-state index in [0.717, 1.165) is 0 Å². The minimum Gasteiger partial charge on any atom is -0.465 e. The molecule has 22 heavy (non-hydrogen) atoms. The van der Waals surface area contributed by atoms with Crippen molar-refractivity contribution in [1.82, 2.24) is 0 Å². The van der Waals surface area contributed by atoms with Crippen LogP contribution in [-0.2, 0) is 23.8 Å². The zero-order valence-corrected chi connectivity index (χ0v) is 12.8. The van der Waals surface area contributed by atoms with Crippen LogP contribution in [0.4, 0.5) is 0 Å². The van der Waals surface area contributed by atoms with Crippen LogP contribution in [0, 0.1) is 0 Å². The molecule has 1 heterocycles. The van der Waals surface area contributed by atoms with E-state index in [1.165, 1.54) is 21.0 Å². The molecule has 1 aromatic carbocycles. The average Bonchev–Trinajstić information content (AvgIpc) is 2.44. The molecule has 6 heteroatoms. The summed E-state index contributed by atoms with van der Waals surface area (Å²) in [5, 5.41) is 0. The highest BCUT2D eigenvalue weighted by molar-refractivity contribution is 6.20. The molecular formula is C16H16O6. The van der Waals surface area contributed by atoms with E-state index in [0.29, 0.717) is 16.7 Å². The number of hydrogen-bond donors (Lipinski definition) is 0. The summed E-state index contributed by atoms with van der Waals surface area (Å²) in [7, 11) is 1.29. The lowest BCUT2D eigenvalue weighted by molar-refractivity contribution is -0.222. The van der Waals surface area contributed by atoms with Crippen molar-refractivity contribution >= 4 is 23.5 Å². The third kappa shape index (κ3) is 3.00. The molecule has 0 atom stereocenters. The van der Waals surface area contributed by atoms with E-state index in [4.69, 9.17) is 9.47 Å². The van der Waals surface area contributed by atoms with Gasteiger partial charge in [-0.05, 0) is 30.2 Å². The molecule has 1 fully saturated rings. The Bertz CT molecular complexity index is 644. The van der Waals surface area contributed by atoms with Gasteiger partial charge in [0.1, 0.15) is 5.57 Å². The highest BCUT2D eigenvalue weighted by Gasteiger charge is 2.40. The summed E-state index contributed by atoms with van der Waals surface area (Å²) < 4.78 is 14.7. The Hall–Kier alpha value is -2.63. The molecule has 1 saturated heterocycles. The van der Waals surface area contributed by atoms with Crippen molar-refractivity contribution in [3.63, 3.8) is 0 Å². The number of esters is 3. The Morgan fingerprint density at radius 2 is 1.45 bits per heavy atom. The SMILES string of the molecule is COC(=O)c1ccc(C(C)=C2C(=O)OC(C)(C)OC2=O)cc1. The highest BCUT2D eigenvalue weighted by Crippen LogP contribution is 2.28. The van der Waals surface area contributed by atoms with Crippen LogP contribution in [-0.4, -0.2) is 30.8 Å². The smallest absolute Gasteiger partial charge is 0.349 e. The molecule has 0 amide bonds. The van der Waals surface area contributed by atoms with Gasteiger partial charge in [0.05, 0.1) is 12.7 Å². The number of cyclic esters (lactones) is 2. The first kappa shape index (κ1) is 15.8. The van der Waals surface area contributed by atoms with Crippen molar-refractivity contribution < 1.29 is 28.6 Å². The molecule has 0 unspecified atom stereocenters. The van der Waals surface area contributed by atoms with Crippen molar-refractivity contribution in [2.24, 2.45) is 0 Å². The Labute approximate surface area is 127 Å². The van der Waals surface area contributed by atoms with E-state index in [1.807, 2.05) is 0 Å². The van der Waals surface area contributed by atoms with Crippen LogP contribution in [0.15, 0.2) is 29.8 Å². The summed E-state index contributed by atoms with van der Waals surface area (Å²) in [6, 6.07) is 6.34. The summed E-state index contributed by atoms with van der Waals surface area (Å²) in [5.41, 5.74) is 1.25. The lowest BCUT2D eigenvalue weighted by Crippen LogP contribution is -2.42. The van der Waals surface area contributed by atoms with Gasteiger partial charge in [-0.3, -0.25) is 0 Å². The molecule has 0 bridgehead atoms. The second-order valence-electron chi connectivity index (χ2n) is 5.25. The van der Waals surface area contributed by atoms with E-state index in [1.54, 1.807) is 31.2 Å². The van der Waals surface area contributed by atoms with Gasteiger partial charge >= 0.3 is 17.9 Å². The summed E-state index contributed by atoms with van der Waals surface area (Å²) >= 11 is 0. The van der Waals surface area contributed by atoms with Gasteiger partial charge in [0.15, 0.2) is 0 Å². The zero-order chi connectivity index (χ0) is 16.5. The third-order valence-electron chi connectivity index (χ3n) is 3.20. The fraction of sp³-hybridized carbons (Fsp3) is 0.312. The monoisotopic (exact) mass is 304 g/mol. The number of carbonyl (C=O) groups is 3. The fourth-order valence-corrected chi connectivity index (χ4v) is 2.08. The predicted octanol–water partition coefficient (Wildman–Crippen LogP) is 2.08. The molecule has 0 aliphatic carbocycles. The topological polar surface area (TPSA) is 78.9 Å². The Morgan fingerprint density at radius 3 is 1.91 bits per heavy atom. The van der Waals surface area contributed by atoms with Crippen LogP contribution in [0.1, 0.15) is 36.7 Å². The number of benzene rings is 1. The number of carbonyl (C=O) groups excluding carboxylic acids is 3. The van der Waals surface area contributed by atoms with Crippen molar-refractivity contribution in [3.05, 3.63) is 41.0 Å². The Kier molecular flexibility index (Phi) is 4.03. The van der Waals surface area contributed by atoms with Gasteiger partial charge in [0.2, 0.25) is 0 Å². The van der Waals surface area contributed by atoms with Gasteiger partial charge < -0.3 is 14.2 Å². The second-order valence-corrected chi connectivity index (χ2v) is 5.25. The lowest BCUT2D eigenvalue weighted by atomic mass is 9.99. The van der Waals surface area contributed by atoms with Crippen molar-refractivity contribution in [2.45, 2.75) is 26.6 Å². The Morgan fingerprint density at radius 1 is 1.00 bits per heavy atom. The third-order valence-corrected chi connectivity index (χ3v) is 3.20. The van der Waals surface area contributed by atoms with Gasteiger partial charge in [0.25, 0.3) is 5.79 Å². The molecular weight excluding hydrogens is 288 g/mol. The van der Waals surface area contributed by atoms with Crippen molar-refractivity contribution in [2.75, 3.05) is 7.11 Å². The summed E-state index contributed by atoms with van der Waals surface area (Å²) in [5.74, 6) is -3.19. The van der Waals surface area contributed by atoms with E-state index in [-0.39, 0.29) is 5.57 Å². The summed E-state index contributed by atoms with van der Waals surface area (Å²) in [6.07, 6.45) is 0. The van der Waals surface area contributed by atoms with Crippen LogP contribution in [0.5, 0.6) is 0 Å². The maximum atomic E-state index is 12.0. The number of methoxy groups -OCH3 is 1. The molecule has 2 rings (SSSR count). The first-order valence-electron chi connectivity index (χ1n) is 6.61. The molecule has 116 valence electrons. The number of allylic oxidation sites excluding steroid dienone is 1. The second kappa shape index (κ2) is 5.63. The number of rotatable bonds is 2. The van der Waals surface area contributed by atoms with Crippen LogP contribution in [0.3, 0.4) is 0 Å². The van der Waals surface area contributed by atoms with Gasteiger partial charge in [0, 0.05) is 13.8 Å². The first-order valence-corrected chi connectivity index (χ1v) is 6.61. The maximum absolute atomic E-state index is 12.0. The van der Waals surface area contributed by atoms with E-state index >= 15 is 0 Å². The van der Waals surface area contributed by atoms with Crippen LogP contribution < -0.4 is 0 Å². The molecule has 0 saturated carbocycles. The summed E-state index contributed by atoms with van der Waals surface area (Å²) in [6.45, 7) is 4.59. The quantitative estimate of drug-likeness (QED) is 0.473. The Balaban J connectivity index is 2.37. The van der Waals surface area contributed by atoms with Crippen LogP contribution in [0.25, 0.3) is 5.57 Å². The normalized spacial score (nSPS) is 16.6. The minimum atomic E-state index is -1.27. The minimum absolute atomic E-state index is 0.148. The molecule has 0 N–H and O–H groups in total. The molecule has 1 aromatic rings. The van der Waals surface area contributed by atoms with Gasteiger partial charge in [-0.1, -0.05) is 12.1 Å². The highest BCUT2D eigenvalue weighted by atomic mass is 16.7. The largest absolute Gasteiger partial charge is 0.465 e. The molecule has 0 radical (unpaired) electrons. The zero-order valence-electron chi connectivity index (χ0n) is 12.8. The van der Waals surface area contributed by atoms with Crippen LogP contribution in [0.2, 0.25) is 0 Å². The van der Waals surface area contributed by atoms with Gasteiger partial charge in [-0.25, -0.2) is 14.4 Å². The van der Waals surface area contributed by atoms with Crippen LogP contribution >= 0.6 is 0 Å². The molecule has 0 aromatic heterocycles. The number of hydrogen-bond acceptors (Lipinski definition) is 6. The lowest BCUT2D eigenvalue weighted by Gasteiger charge is -2.30. The van der Waals surface area contributed by atoms with Crippen molar-refractivity contribution in [1.29, 1.82) is 0 Å². The van der Waals surface area contributed by atoms with Crippen molar-refractivity contribution in [3.8, 4) is 0 Å². The van der Waals surface area contributed by atoms with Gasteiger partial charge in [-0.15, -0.1) is 0 Å². The number of ether oxygens (including phenoxy) is 3. The fourth-order valence-electron chi connectivity index (χ4n) is 2.08.